The number of carbonyl (C=O) groups is 4. The van der Waals surface area contributed by atoms with E-state index in [-0.39, 0.29) is 24.8 Å². The van der Waals surface area contributed by atoms with Crippen molar-refractivity contribution in [2.45, 2.75) is 105 Å². The van der Waals surface area contributed by atoms with Crippen molar-refractivity contribution in [1.82, 2.24) is 35.7 Å². The molecule has 0 radical (unpaired) electrons. The highest BCUT2D eigenvalue weighted by Gasteiger charge is 2.44. The normalized spacial score (nSPS) is 15.8. The Kier molecular flexibility index (Phi) is 14.5. The van der Waals surface area contributed by atoms with E-state index in [1.165, 1.54) is 0 Å². The number of hydrogen-bond donors (Lipinski definition) is 5. The van der Waals surface area contributed by atoms with Crippen LogP contribution in [0.1, 0.15) is 70.5 Å². The summed E-state index contributed by atoms with van der Waals surface area (Å²) in [5, 5.41) is 30.3. The molecule has 59 heavy (non-hydrogen) atoms. The van der Waals surface area contributed by atoms with Crippen molar-refractivity contribution in [2.24, 2.45) is 10.8 Å². The average molecular weight is 806 g/mol. The molecule has 5 rings (SSSR count). The molecule has 0 unspecified atom stereocenters. The summed E-state index contributed by atoms with van der Waals surface area (Å²) in [6.45, 7) is 14.1. The summed E-state index contributed by atoms with van der Waals surface area (Å²) < 4.78 is 0. The molecule has 5 amide bonds. The van der Waals surface area contributed by atoms with Gasteiger partial charge in [-0.2, -0.15) is 0 Å². The number of pyridine rings is 2. The number of aliphatic hydroxyl groups is 1. The van der Waals surface area contributed by atoms with Gasteiger partial charge < -0.3 is 36.0 Å². The molecule has 1 fully saturated rings. The van der Waals surface area contributed by atoms with Crippen molar-refractivity contribution in [3.8, 4) is 11.1 Å². The molecule has 2 aromatic heterocycles. The lowest BCUT2D eigenvalue weighted by molar-refractivity contribution is -0.130. The Balaban J connectivity index is 1.41. The van der Waals surface area contributed by atoms with Crippen LogP contribution in [0.3, 0.4) is 0 Å². The Morgan fingerprint density at radius 3 is 2.07 bits per heavy atom. The van der Waals surface area contributed by atoms with Crippen LogP contribution in [0, 0.1) is 17.8 Å². The Morgan fingerprint density at radius 1 is 0.763 bits per heavy atom. The van der Waals surface area contributed by atoms with Gasteiger partial charge in [0.2, 0.25) is 11.8 Å². The predicted octanol–water partition coefficient (Wildman–Crippen LogP) is 5.99. The van der Waals surface area contributed by atoms with Gasteiger partial charge in [-0.15, -0.1) is 0 Å². The van der Waals surface area contributed by atoms with Crippen LogP contribution < -0.4 is 16.0 Å². The molecule has 5 atom stereocenters. The molecule has 314 valence electrons. The van der Waals surface area contributed by atoms with Crippen LogP contribution in [0.5, 0.6) is 0 Å². The Bertz CT molecular complexity index is 2030. The van der Waals surface area contributed by atoms with Crippen LogP contribution in [0.4, 0.5) is 9.59 Å². The van der Waals surface area contributed by atoms with Gasteiger partial charge in [-0.1, -0.05) is 108 Å². The number of nitrogens with one attached hydrogen (secondary N) is 3. The average Bonchev–Trinajstić information content (AvgIpc) is 3.51. The van der Waals surface area contributed by atoms with E-state index >= 15 is 0 Å². The van der Waals surface area contributed by atoms with Gasteiger partial charge in [0.25, 0.3) is 0 Å². The highest BCUT2D eigenvalue weighted by molar-refractivity contribution is 5.89. The molecule has 13 heteroatoms. The van der Waals surface area contributed by atoms with Crippen molar-refractivity contribution >= 4 is 23.9 Å². The third-order valence-corrected chi connectivity index (χ3v) is 10.6. The highest BCUT2D eigenvalue weighted by Crippen LogP contribution is 2.29. The van der Waals surface area contributed by atoms with Crippen LogP contribution in [0.15, 0.2) is 97.3 Å². The molecule has 0 aliphatic carbocycles. The van der Waals surface area contributed by atoms with Crippen LogP contribution in [0.25, 0.3) is 11.1 Å². The highest BCUT2D eigenvalue weighted by atomic mass is 16.4. The van der Waals surface area contributed by atoms with Crippen molar-refractivity contribution < 1.29 is 29.4 Å². The summed E-state index contributed by atoms with van der Waals surface area (Å²) in [6, 6.07) is 23.2. The van der Waals surface area contributed by atoms with E-state index < -0.39 is 53.1 Å². The number of carbonyl (C=O) groups excluding carboxylic acids is 3. The first-order valence-corrected chi connectivity index (χ1v) is 20.2. The third-order valence-electron chi connectivity index (χ3n) is 10.6. The van der Waals surface area contributed by atoms with E-state index in [4.69, 9.17) is 0 Å². The van der Waals surface area contributed by atoms with E-state index in [9.17, 15) is 29.4 Å². The first kappa shape index (κ1) is 44.3. The molecule has 13 nitrogen and oxygen atoms in total. The van der Waals surface area contributed by atoms with E-state index in [0.29, 0.717) is 26.1 Å². The summed E-state index contributed by atoms with van der Waals surface area (Å²) in [5.41, 5.74) is 3.84. The largest absolute Gasteiger partial charge is 0.465 e. The standard InChI is InChI=1S/C46H59N7O6/c1-30-13-11-17-35(48-30)29-52-23-24-53(44(52)59)40(46(5,6)7)42(56)49-36(25-31-14-9-8-10-15-31)27-38(54)37(50-41(55)39(45(2,3)4)51-43(57)58)26-32-18-20-33(21-19-32)34-16-12-22-47-28-34/h8-22,28,36-40,51,54H,23-27,29H2,1-7H3,(H,49,56)(H,50,55)(H,57,58)/t36-,37-,38-,39+,40+/m0/s1. The molecule has 1 saturated heterocycles. The maximum absolute atomic E-state index is 14.5. The Labute approximate surface area is 347 Å². The quantitative estimate of drug-likeness (QED) is 0.0917. The maximum atomic E-state index is 14.5. The van der Waals surface area contributed by atoms with Crippen LogP contribution in [-0.4, -0.2) is 97.3 Å². The number of benzene rings is 2. The predicted molar refractivity (Wildman–Crippen MR) is 227 cm³/mol. The number of carboxylic acid groups (broad SMARTS) is 1. The number of amides is 5. The van der Waals surface area contributed by atoms with Gasteiger partial charge in [0, 0.05) is 37.2 Å². The lowest BCUT2D eigenvalue weighted by Crippen LogP contribution is -2.59. The second kappa shape index (κ2) is 19.3. The maximum Gasteiger partial charge on any atom is 0.405 e. The van der Waals surface area contributed by atoms with Gasteiger partial charge in [-0.25, -0.2) is 9.59 Å². The van der Waals surface area contributed by atoms with E-state index in [0.717, 1.165) is 33.6 Å². The minimum absolute atomic E-state index is 0.0435. The zero-order valence-corrected chi connectivity index (χ0v) is 35.2. The molecular weight excluding hydrogens is 747 g/mol. The Hall–Kier alpha value is -5.82. The SMILES string of the molecule is Cc1cccc(CN2CCN([C@H](C(=O)N[C@@H](Cc3ccccc3)C[C@H](O)[C@H](Cc3ccc(-c4cccnc4)cc3)NC(=O)[C@@H](NC(=O)O)C(C)(C)C)C(C)(C)C)C2=O)n1. The lowest BCUT2D eigenvalue weighted by Gasteiger charge is -2.38. The zero-order chi connectivity index (χ0) is 42.9. The fraction of sp³-hybridized carbons (Fsp3) is 0.435. The van der Waals surface area contributed by atoms with E-state index in [1.54, 1.807) is 43.0 Å². The molecule has 0 saturated carbocycles. The smallest absolute Gasteiger partial charge is 0.405 e. The van der Waals surface area contributed by atoms with Crippen LogP contribution in [0.2, 0.25) is 0 Å². The van der Waals surface area contributed by atoms with Crippen molar-refractivity contribution in [3.05, 3.63) is 120 Å². The topological polar surface area (TPSA) is 177 Å². The lowest BCUT2D eigenvalue weighted by atomic mass is 9.84. The molecule has 1 aliphatic heterocycles. The molecule has 0 bridgehead atoms. The number of urea groups is 1. The summed E-state index contributed by atoms with van der Waals surface area (Å²) in [7, 11) is 0. The fourth-order valence-corrected chi connectivity index (χ4v) is 7.67. The van der Waals surface area contributed by atoms with Gasteiger partial charge in [0.1, 0.15) is 12.1 Å². The van der Waals surface area contributed by atoms with E-state index in [2.05, 4.69) is 25.9 Å². The molecular formula is C46H59N7O6. The summed E-state index contributed by atoms with van der Waals surface area (Å²) in [6.07, 6.45) is 1.58. The van der Waals surface area contributed by atoms with E-state index in [1.807, 2.05) is 113 Å². The molecule has 5 N–H and O–H groups in total. The van der Waals surface area contributed by atoms with Crippen molar-refractivity contribution in [2.75, 3.05) is 13.1 Å². The first-order chi connectivity index (χ1) is 27.9. The van der Waals surface area contributed by atoms with Gasteiger partial charge in [-0.05, 0) is 77.5 Å². The second-order valence-electron chi connectivity index (χ2n) is 17.6. The number of hydrogen-bond acceptors (Lipinski definition) is 7. The van der Waals surface area contributed by atoms with Crippen LogP contribution >= 0.6 is 0 Å². The minimum atomic E-state index is -1.34. The molecule has 1 aliphatic rings. The molecule has 2 aromatic carbocycles. The summed E-state index contributed by atoms with van der Waals surface area (Å²) in [5.74, 6) is -0.926. The van der Waals surface area contributed by atoms with Crippen molar-refractivity contribution in [1.29, 1.82) is 0 Å². The number of aryl methyl sites for hydroxylation is 1. The van der Waals surface area contributed by atoms with Gasteiger partial charge in [-0.3, -0.25) is 19.6 Å². The molecule has 0 spiro atoms. The third kappa shape index (κ3) is 12.3. The molecule has 4 aromatic rings. The van der Waals surface area contributed by atoms with Gasteiger partial charge in [0.15, 0.2) is 0 Å². The molecule has 3 heterocycles. The number of nitrogens with zero attached hydrogens (tertiary/aromatic N) is 4. The summed E-state index contributed by atoms with van der Waals surface area (Å²) >= 11 is 0. The van der Waals surface area contributed by atoms with Crippen molar-refractivity contribution in [3.63, 3.8) is 0 Å². The van der Waals surface area contributed by atoms with Crippen LogP contribution in [-0.2, 0) is 29.0 Å². The van der Waals surface area contributed by atoms with Gasteiger partial charge >= 0.3 is 12.1 Å². The number of rotatable bonds is 16. The zero-order valence-electron chi connectivity index (χ0n) is 35.2. The second-order valence-corrected chi connectivity index (χ2v) is 17.6. The minimum Gasteiger partial charge on any atom is -0.465 e. The monoisotopic (exact) mass is 805 g/mol. The number of aliphatic hydroxyl groups excluding tert-OH is 1. The summed E-state index contributed by atoms with van der Waals surface area (Å²) in [4.78, 5) is 66.3. The fourth-order valence-electron chi connectivity index (χ4n) is 7.67. The Morgan fingerprint density at radius 2 is 1.46 bits per heavy atom. The van der Waals surface area contributed by atoms with Gasteiger partial charge in [0.05, 0.1) is 24.4 Å². The number of aromatic nitrogens is 2. The first-order valence-electron chi connectivity index (χ1n) is 20.2.